The molecule has 4 fully saturated rings. The Balaban J connectivity index is 1.56. The lowest BCUT2D eigenvalue weighted by Gasteiger charge is -2.72. The van der Waals surface area contributed by atoms with E-state index in [2.05, 4.69) is 59.9 Å². The minimum Gasteiger partial charge on any atom is -0.396 e. The van der Waals surface area contributed by atoms with Crippen molar-refractivity contribution in [1.82, 2.24) is 5.32 Å². The molecule has 5 rings (SSSR count). The summed E-state index contributed by atoms with van der Waals surface area (Å²) in [5.74, 6) is 3.40. The standard InChI is InChI=1S/C31H53NO2/c1-20-10-15-31(18-33)17-16-29(6)22(26(31)21(20)2)8-9-24-28(5)13-12-25(32-19-34)27(3,4)23(28)11-14-30(24,29)7/h8,20-21,23-26,32-34H,9-19H2,1-7H3/t20-,21+,23-,24+,25-,26-,28-,29+,30+,31+/m0/s1. The third kappa shape index (κ3) is 3.05. The van der Waals surface area contributed by atoms with Crippen LogP contribution in [0, 0.1) is 56.7 Å². The van der Waals surface area contributed by atoms with Gasteiger partial charge in [-0.1, -0.05) is 60.1 Å². The summed E-state index contributed by atoms with van der Waals surface area (Å²) < 4.78 is 0. The van der Waals surface area contributed by atoms with Crippen molar-refractivity contribution >= 4 is 0 Å². The molecule has 0 aromatic rings. The zero-order valence-electron chi connectivity index (χ0n) is 23.2. The van der Waals surface area contributed by atoms with E-state index in [1.54, 1.807) is 5.57 Å². The summed E-state index contributed by atoms with van der Waals surface area (Å²) in [6, 6.07) is 0.412. The van der Waals surface area contributed by atoms with Gasteiger partial charge in [0.1, 0.15) is 0 Å². The first-order chi connectivity index (χ1) is 15.9. The highest BCUT2D eigenvalue weighted by molar-refractivity contribution is 5.34. The first-order valence-electron chi connectivity index (χ1n) is 14.6. The minimum absolute atomic E-state index is 0.0907. The highest BCUT2D eigenvalue weighted by Gasteiger charge is 2.68. The van der Waals surface area contributed by atoms with E-state index in [-0.39, 0.29) is 23.0 Å². The first-order valence-corrected chi connectivity index (χ1v) is 14.6. The molecule has 0 radical (unpaired) electrons. The van der Waals surface area contributed by atoms with Crippen LogP contribution < -0.4 is 5.32 Å². The maximum absolute atomic E-state index is 10.7. The zero-order chi connectivity index (χ0) is 24.7. The van der Waals surface area contributed by atoms with Gasteiger partial charge in [0.05, 0.1) is 6.73 Å². The van der Waals surface area contributed by atoms with Crippen LogP contribution in [0.25, 0.3) is 0 Å². The Morgan fingerprint density at radius 3 is 2.29 bits per heavy atom. The molecule has 0 aromatic carbocycles. The summed E-state index contributed by atoms with van der Waals surface area (Å²) in [5.41, 5.74) is 3.01. The fraction of sp³-hybridized carbons (Fsp3) is 0.935. The summed E-state index contributed by atoms with van der Waals surface area (Å²) >= 11 is 0. The van der Waals surface area contributed by atoms with Crippen molar-refractivity contribution in [1.29, 1.82) is 0 Å². The molecule has 0 heterocycles. The average Bonchev–Trinajstić information content (AvgIpc) is 2.79. The Bertz CT molecular complexity index is 835. The summed E-state index contributed by atoms with van der Waals surface area (Å²) in [7, 11) is 0. The quantitative estimate of drug-likeness (QED) is 0.323. The van der Waals surface area contributed by atoms with Gasteiger partial charge in [-0.3, -0.25) is 5.32 Å². The minimum atomic E-state index is 0.0907. The first kappa shape index (κ1) is 25.3. The highest BCUT2D eigenvalue weighted by Crippen LogP contribution is 2.75. The van der Waals surface area contributed by atoms with Crippen LogP contribution in [0.3, 0.4) is 0 Å². The van der Waals surface area contributed by atoms with E-state index in [0.29, 0.717) is 41.2 Å². The Morgan fingerprint density at radius 1 is 0.882 bits per heavy atom. The molecule has 0 spiro atoms. The number of aliphatic hydroxyl groups excluding tert-OH is 2. The molecule has 3 nitrogen and oxygen atoms in total. The van der Waals surface area contributed by atoms with Crippen molar-refractivity contribution in [3.63, 3.8) is 0 Å². The van der Waals surface area contributed by atoms with E-state index >= 15 is 0 Å². The number of hydrogen-bond acceptors (Lipinski definition) is 3. The summed E-state index contributed by atoms with van der Waals surface area (Å²) in [6.07, 6.45) is 14.0. The molecule has 10 atom stereocenters. The topological polar surface area (TPSA) is 52.5 Å². The number of allylic oxidation sites excluding steroid dienone is 2. The molecule has 0 unspecified atom stereocenters. The SMILES string of the molecule is C[C@H]1[C@H]2C3=CC[C@@H]4[C@@]5(C)CC[C@H](NCO)C(C)(C)[C@@H]5CC[C@@]4(C)[C@]3(C)CC[C@@]2(CO)CC[C@@H]1C. The highest BCUT2D eigenvalue weighted by atomic mass is 16.3. The second kappa shape index (κ2) is 8.06. The second-order valence-electron chi connectivity index (χ2n) is 14.9. The van der Waals surface area contributed by atoms with Crippen molar-refractivity contribution < 1.29 is 10.2 Å². The maximum Gasteiger partial charge on any atom is 0.0933 e. The number of rotatable bonds is 3. The molecule has 0 amide bonds. The van der Waals surface area contributed by atoms with Crippen molar-refractivity contribution in [3.05, 3.63) is 11.6 Å². The van der Waals surface area contributed by atoms with E-state index in [4.69, 9.17) is 0 Å². The molecule has 194 valence electrons. The fourth-order valence-corrected chi connectivity index (χ4v) is 11.4. The molecule has 34 heavy (non-hydrogen) atoms. The fourth-order valence-electron chi connectivity index (χ4n) is 11.4. The van der Waals surface area contributed by atoms with Gasteiger partial charge in [-0.05, 0) is 109 Å². The van der Waals surface area contributed by atoms with Gasteiger partial charge in [0, 0.05) is 18.1 Å². The molecule has 4 saturated carbocycles. The van der Waals surface area contributed by atoms with Crippen molar-refractivity contribution in [2.45, 2.75) is 112 Å². The van der Waals surface area contributed by atoms with Gasteiger partial charge < -0.3 is 10.2 Å². The molecule has 0 aliphatic heterocycles. The lowest BCUT2D eigenvalue weighted by molar-refractivity contribution is -0.190. The van der Waals surface area contributed by atoms with Gasteiger partial charge in [-0.15, -0.1) is 0 Å². The maximum atomic E-state index is 10.7. The van der Waals surface area contributed by atoms with Gasteiger partial charge in [0.25, 0.3) is 0 Å². The smallest absolute Gasteiger partial charge is 0.0933 e. The Morgan fingerprint density at radius 2 is 1.62 bits per heavy atom. The molecule has 5 aliphatic carbocycles. The van der Waals surface area contributed by atoms with Crippen LogP contribution in [0.15, 0.2) is 11.6 Å². The Kier molecular flexibility index (Phi) is 5.99. The summed E-state index contributed by atoms with van der Waals surface area (Å²) in [5, 5.41) is 23.8. The van der Waals surface area contributed by atoms with E-state index < -0.39 is 0 Å². The van der Waals surface area contributed by atoms with E-state index in [1.807, 2.05) is 0 Å². The number of nitrogens with one attached hydrogen (secondary N) is 1. The van der Waals surface area contributed by atoms with Crippen LogP contribution in [0.1, 0.15) is 106 Å². The van der Waals surface area contributed by atoms with E-state index in [9.17, 15) is 10.2 Å². The van der Waals surface area contributed by atoms with Gasteiger partial charge in [0.2, 0.25) is 0 Å². The zero-order valence-corrected chi connectivity index (χ0v) is 23.2. The molecule has 3 N–H and O–H groups in total. The molecule has 0 aromatic heterocycles. The van der Waals surface area contributed by atoms with Crippen LogP contribution in [0.2, 0.25) is 0 Å². The van der Waals surface area contributed by atoms with Crippen LogP contribution in [-0.2, 0) is 0 Å². The molecule has 0 saturated heterocycles. The Labute approximate surface area is 209 Å². The number of hydrogen-bond donors (Lipinski definition) is 3. The van der Waals surface area contributed by atoms with Crippen LogP contribution >= 0.6 is 0 Å². The molecule has 5 aliphatic rings. The largest absolute Gasteiger partial charge is 0.396 e. The molecule has 3 heteroatoms. The lowest BCUT2D eigenvalue weighted by Crippen LogP contribution is -2.66. The summed E-state index contributed by atoms with van der Waals surface area (Å²) in [4.78, 5) is 0. The lowest BCUT2D eigenvalue weighted by atomic mass is 9.33. The summed E-state index contributed by atoms with van der Waals surface area (Å²) in [6.45, 7) is 18.3. The predicted molar refractivity (Wildman–Crippen MR) is 140 cm³/mol. The predicted octanol–water partition coefficient (Wildman–Crippen LogP) is 6.54. The third-order valence-electron chi connectivity index (χ3n) is 13.8. The third-order valence-corrected chi connectivity index (χ3v) is 13.8. The molecular formula is C31H53NO2. The van der Waals surface area contributed by atoms with Gasteiger partial charge in [0.15, 0.2) is 0 Å². The van der Waals surface area contributed by atoms with Gasteiger partial charge >= 0.3 is 0 Å². The monoisotopic (exact) mass is 471 g/mol. The average molecular weight is 472 g/mol. The second-order valence-corrected chi connectivity index (χ2v) is 14.9. The number of aliphatic hydroxyl groups is 2. The van der Waals surface area contributed by atoms with Crippen LogP contribution in [0.4, 0.5) is 0 Å². The van der Waals surface area contributed by atoms with E-state index in [1.165, 1.54) is 57.8 Å². The van der Waals surface area contributed by atoms with Gasteiger partial charge in [-0.2, -0.15) is 0 Å². The normalized spacial score (nSPS) is 54.2. The van der Waals surface area contributed by atoms with Gasteiger partial charge in [-0.25, -0.2) is 0 Å². The van der Waals surface area contributed by atoms with Crippen molar-refractivity contribution in [2.24, 2.45) is 56.7 Å². The van der Waals surface area contributed by atoms with E-state index in [0.717, 1.165) is 11.8 Å². The molecule has 0 bridgehead atoms. The number of fused-ring (bicyclic) bond motifs is 7. The Hall–Kier alpha value is -0.380. The van der Waals surface area contributed by atoms with Crippen LogP contribution in [-0.4, -0.2) is 29.6 Å². The van der Waals surface area contributed by atoms with Crippen LogP contribution in [0.5, 0.6) is 0 Å². The van der Waals surface area contributed by atoms with Crippen molar-refractivity contribution in [2.75, 3.05) is 13.3 Å². The van der Waals surface area contributed by atoms with Crippen molar-refractivity contribution in [3.8, 4) is 0 Å². The molecular weight excluding hydrogens is 418 g/mol.